The molecule has 4 fully saturated rings. The van der Waals surface area contributed by atoms with E-state index in [2.05, 4.69) is 40.7 Å². The predicted molar refractivity (Wildman–Crippen MR) is 129 cm³/mol. The molecular weight excluding hydrogens is 428 g/mol. The monoisotopic (exact) mass is 470 g/mol. The summed E-state index contributed by atoms with van der Waals surface area (Å²) in [6.45, 7) is 10.9. The maximum absolute atomic E-state index is 13.2. The highest BCUT2D eigenvalue weighted by Gasteiger charge is 2.74. The lowest BCUT2D eigenvalue weighted by molar-refractivity contribution is -0.240. The highest BCUT2D eigenvalue weighted by molar-refractivity contribution is 5.98. The SMILES string of the molecule is CO[C@@H]1O[C@@H]([C@@H](C)[C@@]2(O)CC[C@H]3[C@@H]4CC=C5CC=CC(=O)[C@]5(C)[C@H]4CC[C@@]32C)C[C@]2(C)O[C@]12C. The van der Waals surface area contributed by atoms with E-state index in [0.717, 1.165) is 44.9 Å². The molecule has 0 spiro atoms. The fourth-order valence-corrected chi connectivity index (χ4v) is 9.55. The van der Waals surface area contributed by atoms with Crippen LogP contribution in [0.5, 0.6) is 0 Å². The predicted octanol–water partition coefficient (Wildman–Crippen LogP) is 4.97. The summed E-state index contributed by atoms with van der Waals surface area (Å²) in [7, 11) is 1.68. The van der Waals surface area contributed by atoms with Gasteiger partial charge >= 0.3 is 0 Å². The number of aliphatic hydroxyl groups is 1. The smallest absolute Gasteiger partial charge is 0.189 e. The summed E-state index contributed by atoms with van der Waals surface area (Å²) in [4.78, 5) is 13.2. The molecule has 0 aromatic carbocycles. The first-order valence-electron chi connectivity index (χ1n) is 13.5. The average molecular weight is 471 g/mol. The molecule has 11 atom stereocenters. The Kier molecular flexibility index (Phi) is 4.85. The number of hydrogen-bond acceptors (Lipinski definition) is 5. The van der Waals surface area contributed by atoms with E-state index in [1.54, 1.807) is 7.11 Å². The van der Waals surface area contributed by atoms with Gasteiger partial charge in [0.2, 0.25) is 0 Å². The van der Waals surface area contributed by atoms with Crippen molar-refractivity contribution in [2.75, 3.05) is 7.11 Å². The topological polar surface area (TPSA) is 68.3 Å². The van der Waals surface area contributed by atoms with E-state index in [1.165, 1.54) is 5.57 Å². The first-order chi connectivity index (χ1) is 15.9. The molecule has 5 heteroatoms. The second-order valence-corrected chi connectivity index (χ2v) is 13.1. The first kappa shape index (κ1) is 23.4. The Labute approximate surface area is 204 Å². The lowest BCUT2D eigenvalue weighted by Crippen LogP contribution is -2.60. The second-order valence-electron chi connectivity index (χ2n) is 13.1. The molecular formula is C29H42O5. The van der Waals surface area contributed by atoms with Crippen LogP contribution in [0.3, 0.4) is 0 Å². The van der Waals surface area contributed by atoms with Crippen molar-refractivity contribution in [3.63, 3.8) is 0 Å². The maximum Gasteiger partial charge on any atom is 0.189 e. The number of allylic oxidation sites excluding steroid dienone is 4. The lowest BCUT2D eigenvalue weighted by Gasteiger charge is -2.59. The Balaban J connectivity index is 1.29. The molecule has 2 saturated heterocycles. The van der Waals surface area contributed by atoms with Crippen LogP contribution in [-0.2, 0) is 19.0 Å². The zero-order valence-corrected chi connectivity index (χ0v) is 21.7. The molecule has 6 rings (SSSR count). The summed E-state index contributed by atoms with van der Waals surface area (Å²) in [5.74, 6) is 1.52. The van der Waals surface area contributed by atoms with Crippen molar-refractivity contribution in [3.8, 4) is 0 Å². The van der Waals surface area contributed by atoms with Crippen molar-refractivity contribution in [1.29, 1.82) is 0 Å². The van der Waals surface area contributed by atoms with E-state index in [9.17, 15) is 9.90 Å². The third-order valence-electron chi connectivity index (χ3n) is 12.1. The maximum atomic E-state index is 13.2. The molecule has 0 amide bonds. The van der Waals surface area contributed by atoms with Gasteiger partial charge in [-0.15, -0.1) is 0 Å². The van der Waals surface area contributed by atoms with Crippen LogP contribution in [-0.4, -0.2) is 47.2 Å². The molecule has 5 nitrogen and oxygen atoms in total. The lowest BCUT2D eigenvalue weighted by atomic mass is 9.46. The summed E-state index contributed by atoms with van der Waals surface area (Å²) in [6.07, 6.45) is 12.2. The molecule has 34 heavy (non-hydrogen) atoms. The normalized spacial score (nSPS) is 56.6. The number of hydrogen-bond donors (Lipinski definition) is 1. The minimum atomic E-state index is -0.800. The van der Waals surface area contributed by atoms with Crippen molar-refractivity contribution in [2.24, 2.45) is 34.5 Å². The van der Waals surface area contributed by atoms with Crippen molar-refractivity contribution < 1.29 is 24.1 Å². The van der Waals surface area contributed by atoms with E-state index in [-0.39, 0.29) is 34.2 Å². The minimum Gasteiger partial charge on any atom is -0.389 e. The Hall–Kier alpha value is -1.01. The van der Waals surface area contributed by atoms with E-state index >= 15 is 0 Å². The molecule has 0 bridgehead atoms. The first-order valence-corrected chi connectivity index (χ1v) is 13.5. The van der Waals surface area contributed by atoms with Gasteiger partial charge in [0, 0.05) is 19.4 Å². The molecule has 1 N–H and O–H groups in total. The summed E-state index contributed by atoms with van der Waals surface area (Å²) >= 11 is 0. The molecule has 0 aromatic rings. The van der Waals surface area contributed by atoms with Crippen molar-refractivity contribution in [3.05, 3.63) is 23.8 Å². The molecule has 2 heterocycles. The molecule has 2 saturated carbocycles. The van der Waals surface area contributed by atoms with Gasteiger partial charge in [0.1, 0.15) is 11.2 Å². The molecule has 4 aliphatic carbocycles. The van der Waals surface area contributed by atoms with Crippen molar-refractivity contribution >= 4 is 5.78 Å². The fourth-order valence-electron chi connectivity index (χ4n) is 9.55. The number of carbonyl (C=O) groups excluding carboxylic acids is 1. The number of epoxide rings is 1. The van der Waals surface area contributed by atoms with Gasteiger partial charge in [-0.25, -0.2) is 0 Å². The van der Waals surface area contributed by atoms with Crippen LogP contribution in [0.4, 0.5) is 0 Å². The number of fused-ring (bicyclic) bond motifs is 6. The van der Waals surface area contributed by atoms with Crippen LogP contribution >= 0.6 is 0 Å². The molecule has 0 radical (unpaired) electrons. The largest absolute Gasteiger partial charge is 0.389 e. The Bertz CT molecular complexity index is 972. The van der Waals surface area contributed by atoms with Crippen LogP contribution in [0.25, 0.3) is 0 Å². The van der Waals surface area contributed by atoms with Gasteiger partial charge in [-0.05, 0) is 88.5 Å². The van der Waals surface area contributed by atoms with Crippen molar-refractivity contribution in [1.82, 2.24) is 0 Å². The fraction of sp³-hybridized carbons (Fsp3) is 0.828. The summed E-state index contributed by atoms with van der Waals surface area (Å²) in [6, 6.07) is 0. The Morgan fingerprint density at radius 2 is 1.88 bits per heavy atom. The minimum absolute atomic E-state index is 0.0215. The number of rotatable bonds is 3. The van der Waals surface area contributed by atoms with Gasteiger partial charge in [0.05, 0.1) is 17.1 Å². The number of ketones is 1. The zero-order chi connectivity index (χ0) is 24.3. The van der Waals surface area contributed by atoms with Gasteiger partial charge in [-0.3, -0.25) is 4.79 Å². The Morgan fingerprint density at radius 3 is 2.62 bits per heavy atom. The van der Waals surface area contributed by atoms with Crippen LogP contribution in [0, 0.1) is 34.5 Å². The number of ether oxygens (including phenoxy) is 3. The van der Waals surface area contributed by atoms with Gasteiger partial charge in [-0.1, -0.05) is 31.6 Å². The molecule has 6 aliphatic rings. The molecule has 2 aliphatic heterocycles. The van der Waals surface area contributed by atoms with E-state index in [1.807, 2.05) is 12.2 Å². The van der Waals surface area contributed by atoms with Gasteiger partial charge in [0.25, 0.3) is 0 Å². The highest BCUT2D eigenvalue weighted by Crippen LogP contribution is 2.68. The standard InChI is InChI=1S/C29H42O5/c1-17(22-16-26(3)28(5,34-26)24(32-6)33-22)29(31)15-13-20-19-11-10-18-8-7-9-23(30)27(18,4)21(19)12-14-25(20,29)2/h7,9-10,17,19-22,24,31H,8,11-16H2,1-6H3/t17-,19+,20+,21+,22-,24-,25+,26+,27+,28-,29+/m1/s1. The third-order valence-corrected chi connectivity index (χ3v) is 12.1. The van der Waals surface area contributed by atoms with Crippen LogP contribution < -0.4 is 0 Å². The Morgan fingerprint density at radius 1 is 1.15 bits per heavy atom. The van der Waals surface area contributed by atoms with Crippen LogP contribution in [0.2, 0.25) is 0 Å². The number of methoxy groups -OCH3 is 1. The average Bonchev–Trinajstić information content (AvgIpc) is 3.27. The summed E-state index contributed by atoms with van der Waals surface area (Å²) in [5.41, 5.74) is -0.665. The van der Waals surface area contributed by atoms with E-state index in [0.29, 0.717) is 17.8 Å². The molecule has 0 aromatic heterocycles. The summed E-state index contributed by atoms with van der Waals surface area (Å²) < 4.78 is 18.3. The van der Waals surface area contributed by atoms with E-state index < -0.39 is 17.5 Å². The molecule has 188 valence electrons. The second kappa shape index (κ2) is 7.06. The highest BCUT2D eigenvalue weighted by atomic mass is 16.7. The van der Waals surface area contributed by atoms with Gasteiger partial charge < -0.3 is 19.3 Å². The summed E-state index contributed by atoms with van der Waals surface area (Å²) in [5, 5.41) is 12.5. The molecule has 0 unspecified atom stereocenters. The van der Waals surface area contributed by atoms with Crippen molar-refractivity contribution in [2.45, 2.75) is 109 Å². The quantitative estimate of drug-likeness (QED) is 0.466. The van der Waals surface area contributed by atoms with Gasteiger partial charge in [-0.2, -0.15) is 0 Å². The van der Waals surface area contributed by atoms with E-state index in [4.69, 9.17) is 14.2 Å². The van der Waals surface area contributed by atoms with Crippen LogP contribution in [0.15, 0.2) is 23.8 Å². The van der Waals surface area contributed by atoms with Crippen LogP contribution in [0.1, 0.15) is 79.6 Å². The zero-order valence-electron chi connectivity index (χ0n) is 21.7. The number of carbonyl (C=O) groups is 1. The third kappa shape index (κ3) is 2.63. The van der Waals surface area contributed by atoms with Gasteiger partial charge in [0.15, 0.2) is 12.1 Å².